The van der Waals surface area contributed by atoms with Crippen molar-refractivity contribution in [2.45, 2.75) is 30.5 Å². The molecule has 1 aliphatic heterocycles. The number of likely N-dealkylation sites (tertiary alicyclic amines) is 1. The summed E-state index contributed by atoms with van der Waals surface area (Å²) in [6.45, 7) is 1.25. The van der Waals surface area contributed by atoms with Gasteiger partial charge in [-0.15, -0.1) is 16.4 Å². The van der Waals surface area contributed by atoms with Gasteiger partial charge in [0.15, 0.2) is 5.82 Å². The van der Waals surface area contributed by atoms with Gasteiger partial charge in [0.2, 0.25) is 5.16 Å². The molecule has 102 valence electrons. The van der Waals surface area contributed by atoms with E-state index in [2.05, 4.69) is 38.6 Å². The maximum atomic E-state index is 4.53. The number of thioether (sulfide) groups is 1. The van der Waals surface area contributed by atoms with Crippen molar-refractivity contribution in [1.29, 1.82) is 0 Å². The number of nitrogens with one attached hydrogen (secondary N) is 1. The Kier molecular flexibility index (Phi) is 4.20. The highest BCUT2D eigenvalue weighted by Crippen LogP contribution is 2.25. The van der Waals surface area contributed by atoms with Crippen molar-refractivity contribution in [3.63, 3.8) is 0 Å². The molecule has 0 spiro atoms. The molecule has 1 fully saturated rings. The number of aromatic nitrogens is 3. The second kappa shape index (κ2) is 6.07. The normalized spacial score (nSPS) is 20.2. The standard InChI is InChI=1S/C13H18N4S2/c1-17-7-2-4-10(17)6-9-19-13-14-12(15-16-13)11-5-3-8-18-11/h3,5,8,10H,2,4,6-7,9H2,1H3,(H,14,15,16). The van der Waals surface area contributed by atoms with Crippen molar-refractivity contribution < 1.29 is 0 Å². The third-order valence-electron chi connectivity index (χ3n) is 3.57. The van der Waals surface area contributed by atoms with Crippen molar-refractivity contribution in [1.82, 2.24) is 20.1 Å². The van der Waals surface area contributed by atoms with Crippen LogP contribution < -0.4 is 0 Å². The first-order chi connectivity index (χ1) is 9.33. The van der Waals surface area contributed by atoms with E-state index < -0.39 is 0 Å². The van der Waals surface area contributed by atoms with Crippen LogP contribution in [0, 0.1) is 0 Å². The molecule has 19 heavy (non-hydrogen) atoms. The van der Waals surface area contributed by atoms with Crippen molar-refractivity contribution >= 4 is 23.1 Å². The summed E-state index contributed by atoms with van der Waals surface area (Å²) >= 11 is 3.44. The highest BCUT2D eigenvalue weighted by Gasteiger charge is 2.20. The zero-order valence-electron chi connectivity index (χ0n) is 11.0. The van der Waals surface area contributed by atoms with Crippen LogP contribution in [-0.2, 0) is 0 Å². The fourth-order valence-corrected chi connectivity index (χ4v) is 3.97. The SMILES string of the molecule is CN1CCCC1CCSc1n[nH]c(-c2cccs2)n1. The second-order valence-corrected chi connectivity index (χ2v) is 6.87. The van der Waals surface area contributed by atoms with E-state index in [0.717, 1.165) is 27.7 Å². The first-order valence-corrected chi connectivity index (χ1v) is 8.49. The van der Waals surface area contributed by atoms with Crippen molar-refractivity contribution in [3.8, 4) is 10.7 Å². The van der Waals surface area contributed by atoms with Crippen molar-refractivity contribution in [3.05, 3.63) is 17.5 Å². The number of rotatable bonds is 5. The van der Waals surface area contributed by atoms with Gasteiger partial charge in [-0.1, -0.05) is 17.8 Å². The Morgan fingerprint density at radius 2 is 2.53 bits per heavy atom. The lowest BCUT2D eigenvalue weighted by Crippen LogP contribution is -2.25. The van der Waals surface area contributed by atoms with E-state index in [1.807, 2.05) is 6.07 Å². The van der Waals surface area contributed by atoms with Crippen LogP contribution in [0.3, 0.4) is 0 Å². The lowest BCUT2D eigenvalue weighted by Gasteiger charge is -2.18. The molecule has 3 rings (SSSR count). The summed E-state index contributed by atoms with van der Waals surface area (Å²) in [4.78, 5) is 8.14. The van der Waals surface area contributed by atoms with Gasteiger partial charge in [-0.05, 0) is 44.3 Å². The maximum Gasteiger partial charge on any atom is 0.208 e. The zero-order chi connectivity index (χ0) is 13.1. The van der Waals surface area contributed by atoms with Crippen LogP contribution in [0.25, 0.3) is 10.7 Å². The molecule has 1 unspecified atom stereocenters. The third-order valence-corrected chi connectivity index (χ3v) is 5.33. The quantitative estimate of drug-likeness (QED) is 0.861. The topological polar surface area (TPSA) is 44.8 Å². The number of thiophene rings is 1. The molecule has 0 amide bonds. The maximum absolute atomic E-state index is 4.53. The molecular formula is C13H18N4S2. The lowest BCUT2D eigenvalue weighted by atomic mass is 10.2. The summed E-state index contributed by atoms with van der Waals surface area (Å²) in [5, 5.41) is 10.2. The van der Waals surface area contributed by atoms with Crippen LogP contribution in [0.15, 0.2) is 22.7 Å². The van der Waals surface area contributed by atoms with Gasteiger partial charge in [0.1, 0.15) is 0 Å². The van der Waals surface area contributed by atoms with Crippen molar-refractivity contribution in [2.24, 2.45) is 0 Å². The number of aromatic amines is 1. The van der Waals surface area contributed by atoms with E-state index in [-0.39, 0.29) is 0 Å². The molecule has 0 bridgehead atoms. The van der Waals surface area contributed by atoms with Crippen LogP contribution in [0.1, 0.15) is 19.3 Å². The van der Waals surface area contributed by atoms with Gasteiger partial charge in [0.05, 0.1) is 4.88 Å². The lowest BCUT2D eigenvalue weighted by molar-refractivity contribution is 0.305. The summed E-state index contributed by atoms with van der Waals surface area (Å²) in [5.41, 5.74) is 0. The Morgan fingerprint density at radius 3 is 3.26 bits per heavy atom. The molecule has 1 saturated heterocycles. The second-order valence-electron chi connectivity index (χ2n) is 4.86. The molecule has 2 aromatic heterocycles. The zero-order valence-corrected chi connectivity index (χ0v) is 12.6. The molecular weight excluding hydrogens is 276 g/mol. The number of hydrogen-bond donors (Lipinski definition) is 1. The van der Waals surface area contributed by atoms with E-state index in [1.54, 1.807) is 23.1 Å². The van der Waals surface area contributed by atoms with Gasteiger partial charge in [0, 0.05) is 11.8 Å². The van der Waals surface area contributed by atoms with Crippen LogP contribution in [0.2, 0.25) is 0 Å². The molecule has 1 N–H and O–H groups in total. The van der Waals surface area contributed by atoms with E-state index in [0.29, 0.717) is 0 Å². The Hall–Kier alpha value is -0.850. The van der Waals surface area contributed by atoms with Gasteiger partial charge in [-0.25, -0.2) is 4.98 Å². The Morgan fingerprint density at radius 1 is 1.58 bits per heavy atom. The molecule has 6 heteroatoms. The molecule has 1 aliphatic rings. The number of H-pyrrole nitrogens is 1. The Bertz CT molecular complexity index is 508. The van der Waals surface area contributed by atoms with Gasteiger partial charge in [-0.2, -0.15) is 0 Å². The summed E-state index contributed by atoms with van der Waals surface area (Å²) in [6, 6.07) is 4.85. The summed E-state index contributed by atoms with van der Waals surface area (Å²) in [5.74, 6) is 1.98. The molecule has 3 heterocycles. The summed E-state index contributed by atoms with van der Waals surface area (Å²) in [6.07, 6.45) is 3.91. The van der Waals surface area contributed by atoms with E-state index in [1.165, 1.54) is 25.8 Å². The highest BCUT2D eigenvalue weighted by atomic mass is 32.2. The smallest absolute Gasteiger partial charge is 0.208 e. The number of hydrogen-bond acceptors (Lipinski definition) is 5. The average molecular weight is 294 g/mol. The van der Waals surface area contributed by atoms with Gasteiger partial charge >= 0.3 is 0 Å². The molecule has 4 nitrogen and oxygen atoms in total. The molecule has 0 aliphatic carbocycles. The molecule has 1 atom stereocenters. The van der Waals surface area contributed by atoms with Gasteiger partial charge in [-0.3, -0.25) is 5.10 Å². The first-order valence-electron chi connectivity index (χ1n) is 6.62. The monoisotopic (exact) mass is 294 g/mol. The van der Waals surface area contributed by atoms with E-state index >= 15 is 0 Å². The minimum Gasteiger partial charge on any atom is -0.303 e. The van der Waals surface area contributed by atoms with E-state index in [9.17, 15) is 0 Å². The fourth-order valence-electron chi connectivity index (χ4n) is 2.46. The Balaban J connectivity index is 1.50. The molecule has 0 aromatic carbocycles. The average Bonchev–Trinajstić information content (AvgIpc) is 3.11. The number of nitrogens with zero attached hydrogens (tertiary/aromatic N) is 3. The minimum atomic E-state index is 0.753. The predicted molar refractivity (Wildman–Crippen MR) is 80.7 cm³/mol. The molecule has 0 saturated carbocycles. The predicted octanol–water partition coefficient (Wildman–Crippen LogP) is 3.11. The Labute approximate surface area is 121 Å². The highest BCUT2D eigenvalue weighted by molar-refractivity contribution is 7.99. The van der Waals surface area contributed by atoms with E-state index in [4.69, 9.17) is 0 Å². The van der Waals surface area contributed by atoms with Crippen LogP contribution in [0.4, 0.5) is 0 Å². The van der Waals surface area contributed by atoms with Gasteiger partial charge < -0.3 is 4.90 Å². The van der Waals surface area contributed by atoms with Gasteiger partial charge in [0.25, 0.3) is 0 Å². The largest absolute Gasteiger partial charge is 0.303 e. The first kappa shape index (κ1) is 13.1. The fraction of sp³-hybridized carbons (Fsp3) is 0.538. The van der Waals surface area contributed by atoms with Crippen LogP contribution in [-0.4, -0.2) is 45.5 Å². The van der Waals surface area contributed by atoms with Crippen molar-refractivity contribution in [2.75, 3.05) is 19.3 Å². The summed E-state index contributed by atoms with van der Waals surface area (Å²) < 4.78 is 0. The molecule has 0 radical (unpaired) electrons. The van der Waals surface area contributed by atoms with Crippen LogP contribution >= 0.6 is 23.1 Å². The third kappa shape index (κ3) is 3.19. The molecule has 2 aromatic rings. The minimum absolute atomic E-state index is 0.753. The van der Waals surface area contributed by atoms with Crippen LogP contribution in [0.5, 0.6) is 0 Å². The summed E-state index contributed by atoms with van der Waals surface area (Å²) in [7, 11) is 2.23.